The van der Waals surface area contributed by atoms with Crippen molar-refractivity contribution in [1.82, 2.24) is 5.32 Å². The minimum atomic E-state index is -0.208. The van der Waals surface area contributed by atoms with Crippen LogP contribution in [0.5, 0.6) is 11.5 Å². The quantitative estimate of drug-likeness (QED) is 0.635. The number of ether oxygens (including phenoxy) is 2. The molecule has 0 fully saturated rings. The molecular weight excluding hydrogens is 400 g/mol. The van der Waals surface area contributed by atoms with Crippen molar-refractivity contribution in [2.24, 2.45) is 0 Å². The smallest absolute Gasteiger partial charge is 0.265 e. The largest absolute Gasteiger partial charge is 0.486 e. The van der Waals surface area contributed by atoms with E-state index in [0.29, 0.717) is 35.9 Å². The summed E-state index contributed by atoms with van der Waals surface area (Å²) in [5.41, 5.74) is 3.00. The Bertz CT molecular complexity index is 1110. The number of fused-ring (bicyclic) bond motifs is 1. The van der Waals surface area contributed by atoms with Crippen molar-refractivity contribution < 1.29 is 19.1 Å². The van der Waals surface area contributed by atoms with Gasteiger partial charge in [-0.3, -0.25) is 9.59 Å². The first kappa shape index (κ1) is 20.0. The molecule has 0 bridgehead atoms. The molecular formula is C23H22N2O4S. The maximum absolute atomic E-state index is 12.8. The van der Waals surface area contributed by atoms with Gasteiger partial charge in [-0.1, -0.05) is 6.07 Å². The zero-order chi connectivity index (χ0) is 21.1. The van der Waals surface area contributed by atoms with Gasteiger partial charge in [0.2, 0.25) is 0 Å². The number of anilines is 1. The van der Waals surface area contributed by atoms with Crippen LogP contribution in [-0.2, 0) is 0 Å². The normalized spacial score (nSPS) is 12.3. The lowest BCUT2D eigenvalue weighted by molar-refractivity contribution is 0.0954. The summed E-state index contributed by atoms with van der Waals surface area (Å²) in [5.74, 6) is 1.09. The molecule has 1 aliphatic rings. The van der Waals surface area contributed by atoms with E-state index in [0.717, 1.165) is 27.5 Å². The molecule has 30 heavy (non-hydrogen) atoms. The van der Waals surface area contributed by atoms with E-state index in [1.807, 2.05) is 44.2 Å². The maximum atomic E-state index is 12.8. The van der Waals surface area contributed by atoms with E-state index in [9.17, 15) is 9.59 Å². The second kappa shape index (κ2) is 8.59. The third-order valence-electron chi connectivity index (χ3n) is 4.74. The summed E-state index contributed by atoms with van der Waals surface area (Å²) >= 11 is 1.40. The summed E-state index contributed by atoms with van der Waals surface area (Å²) in [5, 5.41) is 5.69. The van der Waals surface area contributed by atoms with Crippen LogP contribution in [0.15, 0.2) is 48.5 Å². The van der Waals surface area contributed by atoms with E-state index in [1.54, 1.807) is 18.2 Å². The van der Waals surface area contributed by atoms with Crippen LogP contribution in [0.4, 0.5) is 5.69 Å². The fraction of sp³-hybridized carbons (Fsp3) is 0.217. The van der Waals surface area contributed by atoms with Crippen molar-refractivity contribution in [2.75, 3.05) is 25.1 Å². The van der Waals surface area contributed by atoms with Gasteiger partial charge in [-0.15, -0.1) is 11.3 Å². The number of hydrogen-bond acceptors (Lipinski definition) is 5. The van der Waals surface area contributed by atoms with Crippen LogP contribution in [0.1, 0.15) is 32.5 Å². The number of hydrogen-bond donors (Lipinski definition) is 2. The molecule has 0 saturated heterocycles. The zero-order valence-electron chi connectivity index (χ0n) is 16.8. The molecule has 7 heteroatoms. The lowest BCUT2D eigenvalue weighted by Crippen LogP contribution is -2.23. The molecule has 2 aromatic carbocycles. The summed E-state index contributed by atoms with van der Waals surface area (Å²) in [6.45, 7) is 5.39. The first-order valence-corrected chi connectivity index (χ1v) is 10.6. The van der Waals surface area contributed by atoms with Crippen LogP contribution < -0.4 is 20.1 Å². The molecule has 0 aliphatic carbocycles. The van der Waals surface area contributed by atoms with Crippen LogP contribution in [-0.4, -0.2) is 31.6 Å². The number of thiophene rings is 1. The van der Waals surface area contributed by atoms with Crippen molar-refractivity contribution in [3.8, 4) is 21.9 Å². The molecule has 0 spiro atoms. The van der Waals surface area contributed by atoms with Crippen molar-refractivity contribution in [3.63, 3.8) is 0 Å². The number of rotatable bonds is 5. The summed E-state index contributed by atoms with van der Waals surface area (Å²) in [6, 6.07) is 14.8. The molecule has 1 aliphatic heterocycles. The van der Waals surface area contributed by atoms with Crippen LogP contribution in [0, 0.1) is 6.92 Å². The Labute approximate surface area is 178 Å². The van der Waals surface area contributed by atoms with Crippen LogP contribution in [0.2, 0.25) is 0 Å². The predicted octanol–water partition coefficient (Wildman–Crippen LogP) is 4.50. The molecule has 154 valence electrons. The van der Waals surface area contributed by atoms with Crippen LogP contribution >= 0.6 is 11.3 Å². The van der Waals surface area contributed by atoms with E-state index in [4.69, 9.17) is 9.47 Å². The summed E-state index contributed by atoms with van der Waals surface area (Å²) in [4.78, 5) is 26.4. The van der Waals surface area contributed by atoms with Gasteiger partial charge in [0.25, 0.3) is 11.8 Å². The van der Waals surface area contributed by atoms with Gasteiger partial charge in [0.1, 0.15) is 13.2 Å². The second-order valence-electron chi connectivity index (χ2n) is 6.87. The van der Waals surface area contributed by atoms with E-state index < -0.39 is 0 Å². The van der Waals surface area contributed by atoms with Gasteiger partial charge in [0.15, 0.2) is 11.5 Å². The van der Waals surface area contributed by atoms with E-state index in [-0.39, 0.29) is 11.8 Å². The number of benzene rings is 2. The van der Waals surface area contributed by atoms with Gasteiger partial charge in [-0.05, 0) is 67.4 Å². The molecule has 3 aromatic rings. The Hall–Kier alpha value is -3.32. The predicted molar refractivity (Wildman–Crippen MR) is 118 cm³/mol. The molecule has 0 saturated carbocycles. The minimum Gasteiger partial charge on any atom is -0.486 e. The summed E-state index contributed by atoms with van der Waals surface area (Å²) < 4.78 is 11.2. The lowest BCUT2D eigenvalue weighted by Gasteiger charge is -2.18. The fourth-order valence-electron chi connectivity index (χ4n) is 3.16. The Morgan fingerprint density at radius 2 is 1.77 bits per heavy atom. The standard InChI is InChI=1S/C23H22N2O4S/c1-3-24-22(26)16-5-4-14(2)17(12-16)25-23(27)21-9-8-20(30-21)15-6-7-18-19(13-15)29-11-10-28-18/h4-9,12-13H,3,10-11H2,1-2H3,(H,24,26)(H,25,27). The van der Waals surface area contributed by atoms with Gasteiger partial charge < -0.3 is 20.1 Å². The molecule has 0 radical (unpaired) electrons. The maximum Gasteiger partial charge on any atom is 0.265 e. The fourth-order valence-corrected chi connectivity index (χ4v) is 4.05. The first-order chi connectivity index (χ1) is 14.5. The number of aryl methyl sites for hydroxylation is 1. The van der Waals surface area contributed by atoms with Gasteiger partial charge in [0.05, 0.1) is 4.88 Å². The number of carbonyl (C=O) groups is 2. The lowest BCUT2D eigenvalue weighted by atomic mass is 10.1. The van der Waals surface area contributed by atoms with E-state index in [1.165, 1.54) is 11.3 Å². The minimum absolute atomic E-state index is 0.162. The highest BCUT2D eigenvalue weighted by Crippen LogP contribution is 2.37. The first-order valence-electron chi connectivity index (χ1n) is 9.75. The zero-order valence-corrected chi connectivity index (χ0v) is 17.6. The van der Waals surface area contributed by atoms with E-state index in [2.05, 4.69) is 10.6 Å². The van der Waals surface area contributed by atoms with Gasteiger partial charge in [0, 0.05) is 22.7 Å². The topological polar surface area (TPSA) is 76.7 Å². The third kappa shape index (κ3) is 4.16. The number of nitrogens with one attached hydrogen (secondary N) is 2. The average molecular weight is 423 g/mol. The Balaban J connectivity index is 1.52. The van der Waals surface area contributed by atoms with Crippen molar-refractivity contribution >= 4 is 28.8 Å². The highest BCUT2D eigenvalue weighted by atomic mass is 32.1. The van der Waals surface area contributed by atoms with Crippen molar-refractivity contribution in [3.05, 3.63) is 64.5 Å². The van der Waals surface area contributed by atoms with Gasteiger partial charge >= 0.3 is 0 Å². The molecule has 2 amide bonds. The van der Waals surface area contributed by atoms with Crippen LogP contribution in [0.3, 0.4) is 0 Å². The summed E-state index contributed by atoms with van der Waals surface area (Å²) in [7, 11) is 0. The Kier molecular flexibility index (Phi) is 5.72. The second-order valence-corrected chi connectivity index (χ2v) is 7.95. The molecule has 0 unspecified atom stereocenters. The van der Waals surface area contributed by atoms with Crippen molar-refractivity contribution in [1.29, 1.82) is 0 Å². The SMILES string of the molecule is CCNC(=O)c1ccc(C)c(NC(=O)c2ccc(-c3ccc4c(c3)OCCO4)s2)c1. The third-order valence-corrected chi connectivity index (χ3v) is 5.87. The highest BCUT2D eigenvalue weighted by molar-refractivity contribution is 7.17. The van der Waals surface area contributed by atoms with Gasteiger partial charge in [-0.25, -0.2) is 0 Å². The number of carbonyl (C=O) groups excluding carboxylic acids is 2. The molecule has 1 aromatic heterocycles. The molecule has 2 heterocycles. The monoisotopic (exact) mass is 422 g/mol. The van der Waals surface area contributed by atoms with Crippen LogP contribution in [0.25, 0.3) is 10.4 Å². The Morgan fingerprint density at radius 3 is 2.57 bits per heavy atom. The van der Waals surface area contributed by atoms with Gasteiger partial charge in [-0.2, -0.15) is 0 Å². The summed E-state index contributed by atoms with van der Waals surface area (Å²) in [6.07, 6.45) is 0. The average Bonchev–Trinajstić information content (AvgIpc) is 3.25. The number of amides is 2. The molecule has 2 N–H and O–H groups in total. The van der Waals surface area contributed by atoms with E-state index >= 15 is 0 Å². The molecule has 0 atom stereocenters. The highest BCUT2D eigenvalue weighted by Gasteiger charge is 2.16. The van der Waals surface area contributed by atoms with Crippen molar-refractivity contribution in [2.45, 2.75) is 13.8 Å². The Morgan fingerprint density at radius 1 is 0.967 bits per heavy atom. The molecule has 4 rings (SSSR count). The molecule has 6 nitrogen and oxygen atoms in total.